The fourth-order valence-corrected chi connectivity index (χ4v) is 3.70. The third-order valence-electron chi connectivity index (χ3n) is 5.29. The highest BCUT2D eigenvalue weighted by Crippen LogP contribution is 2.30. The Morgan fingerprint density at radius 1 is 1.23 bits per heavy atom. The van der Waals surface area contributed by atoms with Gasteiger partial charge in [-0.15, -0.1) is 0 Å². The van der Waals surface area contributed by atoms with Gasteiger partial charge in [0.05, 0.1) is 0 Å². The molecule has 6 nitrogen and oxygen atoms in total. The van der Waals surface area contributed by atoms with Gasteiger partial charge in [-0.3, -0.25) is 4.79 Å². The minimum absolute atomic E-state index is 0.0139. The maximum Gasteiger partial charge on any atom is 0.251 e. The van der Waals surface area contributed by atoms with Crippen molar-refractivity contribution in [2.75, 3.05) is 18.0 Å². The average Bonchev–Trinajstić information content (AvgIpc) is 3.33. The second kappa shape index (κ2) is 7.09. The van der Waals surface area contributed by atoms with Crippen molar-refractivity contribution in [3.05, 3.63) is 42.1 Å². The third kappa shape index (κ3) is 3.59. The first-order chi connectivity index (χ1) is 12.6. The third-order valence-corrected chi connectivity index (χ3v) is 5.29. The predicted octanol–water partition coefficient (Wildman–Crippen LogP) is 3.14. The second-order valence-electron chi connectivity index (χ2n) is 7.72. The fourth-order valence-electron chi connectivity index (χ4n) is 3.70. The molecule has 1 aliphatic carbocycles. The Kier molecular flexibility index (Phi) is 4.66. The van der Waals surface area contributed by atoms with E-state index in [4.69, 9.17) is 0 Å². The normalized spacial score (nSPS) is 20.4. The van der Waals surface area contributed by atoms with Gasteiger partial charge >= 0.3 is 0 Å². The fraction of sp³-hybridized carbons (Fsp3) is 0.550. The molecule has 1 unspecified atom stereocenters. The van der Waals surface area contributed by atoms with Crippen molar-refractivity contribution >= 4 is 11.7 Å². The second-order valence-corrected chi connectivity index (χ2v) is 7.72. The first kappa shape index (κ1) is 17.1. The Morgan fingerprint density at radius 3 is 2.85 bits per heavy atom. The molecule has 3 heterocycles. The van der Waals surface area contributed by atoms with Crippen LogP contribution in [0.1, 0.15) is 67.7 Å². The monoisotopic (exact) mass is 353 g/mol. The van der Waals surface area contributed by atoms with Crippen LogP contribution in [0, 0.1) is 0 Å². The quantitative estimate of drug-likeness (QED) is 0.897. The molecule has 26 heavy (non-hydrogen) atoms. The lowest BCUT2D eigenvalue weighted by atomic mass is 9.96. The Balaban J connectivity index is 1.50. The van der Waals surface area contributed by atoms with Crippen LogP contribution in [-0.2, 0) is 0 Å². The molecule has 1 saturated carbocycles. The number of piperidine rings is 1. The van der Waals surface area contributed by atoms with E-state index in [-0.39, 0.29) is 5.91 Å². The van der Waals surface area contributed by atoms with Crippen molar-refractivity contribution in [1.82, 2.24) is 19.9 Å². The van der Waals surface area contributed by atoms with Crippen LogP contribution in [0.15, 0.2) is 30.7 Å². The van der Waals surface area contributed by atoms with Gasteiger partial charge in [-0.05, 0) is 51.7 Å². The summed E-state index contributed by atoms with van der Waals surface area (Å²) >= 11 is 0. The molecule has 1 saturated heterocycles. The molecule has 2 aliphatic rings. The molecule has 138 valence electrons. The number of carbonyl (C=O) groups is 1. The molecule has 2 aromatic rings. The van der Waals surface area contributed by atoms with E-state index < -0.39 is 0 Å². The number of hydrogen-bond donors (Lipinski definition) is 1. The number of amides is 1. The van der Waals surface area contributed by atoms with Gasteiger partial charge < -0.3 is 14.8 Å². The lowest BCUT2D eigenvalue weighted by Gasteiger charge is -2.34. The van der Waals surface area contributed by atoms with Crippen LogP contribution in [0.3, 0.4) is 0 Å². The minimum Gasteiger partial charge on any atom is -0.356 e. The molecule has 6 heteroatoms. The van der Waals surface area contributed by atoms with E-state index in [1.54, 1.807) is 12.3 Å². The molecule has 1 amide bonds. The van der Waals surface area contributed by atoms with Crippen molar-refractivity contribution in [3.63, 3.8) is 0 Å². The maximum absolute atomic E-state index is 12.3. The number of nitrogens with zero attached hydrogens (tertiary/aromatic N) is 4. The van der Waals surface area contributed by atoms with Crippen molar-refractivity contribution in [2.45, 2.75) is 57.5 Å². The Labute approximate surface area is 154 Å². The van der Waals surface area contributed by atoms with Crippen molar-refractivity contribution in [3.8, 4) is 0 Å². The van der Waals surface area contributed by atoms with E-state index in [2.05, 4.69) is 44.8 Å². The van der Waals surface area contributed by atoms with Crippen molar-refractivity contribution in [2.24, 2.45) is 0 Å². The molecular weight excluding hydrogens is 326 g/mol. The van der Waals surface area contributed by atoms with E-state index in [0.29, 0.717) is 23.6 Å². The Hall–Kier alpha value is -2.37. The van der Waals surface area contributed by atoms with Gasteiger partial charge in [-0.25, -0.2) is 9.97 Å². The van der Waals surface area contributed by atoms with Crippen LogP contribution in [0.4, 0.5) is 5.82 Å². The minimum atomic E-state index is 0.0139. The highest BCUT2D eigenvalue weighted by atomic mass is 16.1. The number of hydrogen-bond acceptors (Lipinski definition) is 4. The lowest BCUT2D eigenvalue weighted by Crippen LogP contribution is -2.36. The summed E-state index contributed by atoms with van der Waals surface area (Å²) < 4.78 is 2.26. The summed E-state index contributed by atoms with van der Waals surface area (Å²) in [7, 11) is 0. The average molecular weight is 353 g/mol. The lowest BCUT2D eigenvalue weighted by molar-refractivity contribution is 0.0951. The number of anilines is 1. The molecule has 0 aromatic carbocycles. The maximum atomic E-state index is 12.3. The van der Waals surface area contributed by atoms with Crippen molar-refractivity contribution < 1.29 is 4.79 Å². The molecule has 1 atom stereocenters. The van der Waals surface area contributed by atoms with Gasteiger partial charge in [0.15, 0.2) is 0 Å². The zero-order valence-corrected chi connectivity index (χ0v) is 15.6. The summed E-state index contributed by atoms with van der Waals surface area (Å²) in [6, 6.07) is 4.51. The molecule has 2 aromatic heterocycles. The van der Waals surface area contributed by atoms with Crippen LogP contribution in [0.2, 0.25) is 0 Å². The van der Waals surface area contributed by atoms with Crippen LogP contribution < -0.4 is 10.2 Å². The molecule has 1 aliphatic heterocycles. The zero-order chi connectivity index (χ0) is 18.1. The van der Waals surface area contributed by atoms with Gasteiger partial charge in [0, 0.05) is 55.2 Å². The van der Waals surface area contributed by atoms with Gasteiger partial charge in [0.25, 0.3) is 5.91 Å². The Bertz CT molecular complexity index is 780. The van der Waals surface area contributed by atoms with Crippen LogP contribution in [0.5, 0.6) is 0 Å². The standard InChI is InChI=1S/C20H27N5O/c1-14(2)25-11-9-22-19(25)16-4-3-10-24(13-16)18-12-15(7-8-21-18)20(26)23-17-5-6-17/h7-9,11-12,14,16-17H,3-6,10,13H2,1-2H3,(H,23,26). The van der Waals surface area contributed by atoms with Crippen molar-refractivity contribution in [1.29, 1.82) is 0 Å². The van der Waals surface area contributed by atoms with E-state index in [1.165, 1.54) is 0 Å². The van der Waals surface area contributed by atoms with Gasteiger partial charge in [0.1, 0.15) is 11.6 Å². The predicted molar refractivity (Wildman–Crippen MR) is 102 cm³/mol. The number of aromatic nitrogens is 3. The summed E-state index contributed by atoms with van der Waals surface area (Å²) in [6.07, 6.45) is 10.2. The highest BCUT2D eigenvalue weighted by molar-refractivity contribution is 5.95. The summed E-state index contributed by atoms with van der Waals surface area (Å²) in [4.78, 5) is 23.8. The smallest absolute Gasteiger partial charge is 0.251 e. The van der Waals surface area contributed by atoms with Gasteiger partial charge in [-0.2, -0.15) is 0 Å². The first-order valence-corrected chi connectivity index (χ1v) is 9.66. The molecule has 0 bridgehead atoms. The van der Waals surface area contributed by atoms with E-state index >= 15 is 0 Å². The zero-order valence-electron chi connectivity index (χ0n) is 15.6. The largest absolute Gasteiger partial charge is 0.356 e. The summed E-state index contributed by atoms with van der Waals surface area (Å²) in [5.41, 5.74) is 0.702. The molecule has 4 rings (SSSR count). The summed E-state index contributed by atoms with van der Waals surface area (Å²) in [5, 5.41) is 3.05. The molecule has 0 radical (unpaired) electrons. The molecular formula is C20H27N5O. The number of imidazole rings is 1. The first-order valence-electron chi connectivity index (χ1n) is 9.66. The molecule has 1 N–H and O–H groups in total. The topological polar surface area (TPSA) is 63.1 Å². The van der Waals surface area contributed by atoms with Gasteiger partial charge in [0.2, 0.25) is 0 Å². The van der Waals surface area contributed by atoms with Crippen LogP contribution in [0.25, 0.3) is 0 Å². The summed E-state index contributed by atoms with van der Waals surface area (Å²) in [5.74, 6) is 2.46. The number of nitrogens with one attached hydrogen (secondary N) is 1. The number of pyridine rings is 1. The number of rotatable bonds is 5. The summed E-state index contributed by atoms with van der Waals surface area (Å²) in [6.45, 7) is 6.24. The molecule has 0 spiro atoms. The molecule has 2 fully saturated rings. The van der Waals surface area contributed by atoms with Crippen LogP contribution in [-0.4, -0.2) is 39.6 Å². The Morgan fingerprint density at radius 2 is 2.08 bits per heavy atom. The number of carbonyl (C=O) groups excluding carboxylic acids is 1. The van der Waals surface area contributed by atoms with E-state index in [1.807, 2.05) is 12.3 Å². The SMILES string of the molecule is CC(C)n1ccnc1C1CCCN(c2cc(C(=O)NC3CC3)ccn2)C1. The highest BCUT2D eigenvalue weighted by Gasteiger charge is 2.27. The van der Waals surface area contributed by atoms with E-state index in [0.717, 1.165) is 50.4 Å². The van der Waals surface area contributed by atoms with Crippen LogP contribution >= 0.6 is 0 Å². The van der Waals surface area contributed by atoms with E-state index in [9.17, 15) is 4.79 Å². The van der Waals surface area contributed by atoms with Gasteiger partial charge in [-0.1, -0.05) is 0 Å².